The highest BCUT2D eigenvalue weighted by molar-refractivity contribution is 7.14. The van der Waals surface area contributed by atoms with Gasteiger partial charge >= 0.3 is 0 Å². The molecule has 1 saturated carbocycles. The summed E-state index contributed by atoms with van der Waals surface area (Å²) in [6.07, 6.45) is 17.0. The molecule has 1 aromatic carbocycles. The van der Waals surface area contributed by atoms with Gasteiger partial charge in [0.1, 0.15) is 6.04 Å². The number of benzene rings is 1. The molecule has 2 aromatic heterocycles. The molecule has 8 heteroatoms. The summed E-state index contributed by atoms with van der Waals surface area (Å²) in [7, 11) is 0. The van der Waals surface area contributed by atoms with E-state index < -0.39 is 6.04 Å². The van der Waals surface area contributed by atoms with Crippen molar-refractivity contribution in [3.63, 3.8) is 0 Å². The molecule has 3 heterocycles. The molecule has 2 aliphatic carbocycles. The summed E-state index contributed by atoms with van der Waals surface area (Å²) in [5.41, 5.74) is 4.37. The van der Waals surface area contributed by atoms with Crippen LogP contribution in [0.25, 0.3) is 17.0 Å². The predicted molar refractivity (Wildman–Crippen MR) is 196 cm³/mol. The van der Waals surface area contributed by atoms with Crippen LogP contribution in [0.15, 0.2) is 54.9 Å². The molecular weight excluding hydrogens is 615 g/mol. The fourth-order valence-electron chi connectivity index (χ4n) is 7.53. The summed E-state index contributed by atoms with van der Waals surface area (Å²) >= 11 is 1.49. The number of carbonyl (C=O) groups excluding carboxylic acids is 2. The lowest BCUT2D eigenvalue weighted by Crippen LogP contribution is -2.49. The van der Waals surface area contributed by atoms with E-state index in [0.717, 1.165) is 65.3 Å². The van der Waals surface area contributed by atoms with Crippen LogP contribution in [0, 0.1) is 23.7 Å². The van der Waals surface area contributed by atoms with Crippen LogP contribution in [0.5, 0.6) is 0 Å². The van der Waals surface area contributed by atoms with Crippen LogP contribution < -0.4 is 16.0 Å². The molecule has 6 rings (SSSR count). The van der Waals surface area contributed by atoms with E-state index in [1.54, 1.807) is 0 Å². The number of amides is 2. The molecule has 2 amide bonds. The van der Waals surface area contributed by atoms with E-state index in [1.807, 2.05) is 48.8 Å². The van der Waals surface area contributed by atoms with Crippen molar-refractivity contribution in [3.05, 3.63) is 75.7 Å². The van der Waals surface area contributed by atoms with Gasteiger partial charge in [0, 0.05) is 41.4 Å². The van der Waals surface area contributed by atoms with E-state index in [4.69, 9.17) is 9.97 Å². The highest BCUT2D eigenvalue weighted by Gasteiger charge is 2.28. The Morgan fingerprint density at radius 3 is 2.31 bits per heavy atom. The Kier molecular flexibility index (Phi) is 11.1. The zero-order chi connectivity index (χ0) is 33.7. The second-order valence-corrected chi connectivity index (χ2v) is 16.6. The van der Waals surface area contributed by atoms with Crippen molar-refractivity contribution < 1.29 is 9.59 Å². The van der Waals surface area contributed by atoms with Crippen LogP contribution in [0.3, 0.4) is 0 Å². The Morgan fingerprint density at radius 1 is 0.938 bits per heavy atom. The molecule has 0 radical (unpaired) electrons. The van der Waals surface area contributed by atoms with Gasteiger partial charge in [0.15, 0.2) is 5.82 Å². The number of thiophene rings is 1. The summed E-state index contributed by atoms with van der Waals surface area (Å²) in [6.45, 7) is 11.3. The Balaban J connectivity index is 1.08. The average Bonchev–Trinajstić information content (AvgIpc) is 3.81. The maximum atomic E-state index is 13.4. The molecule has 1 saturated heterocycles. The fourth-order valence-corrected chi connectivity index (χ4v) is 8.50. The molecule has 1 aliphatic heterocycles. The number of aromatic nitrogens is 2. The lowest BCUT2D eigenvalue weighted by Gasteiger charge is -2.34. The van der Waals surface area contributed by atoms with E-state index in [9.17, 15) is 9.59 Å². The zero-order valence-corrected chi connectivity index (χ0v) is 30.0. The first kappa shape index (κ1) is 34.5. The Hall–Kier alpha value is -3.36. The average molecular weight is 668 g/mol. The number of nitrogens with zero attached hydrogens (tertiary/aromatic N) is 2. The van der Waals surface area contributed by atoms with E-state index >= 15 is 0 Å². The third-order valence-corrected chi connectivity index (χ3v) is 12.3. The van der Waals surface area contributed by atoms with E-state index in [0.29, 0.717) is 29.6 Å². The molecule has 256 valence electrons. The maximum absolute atomic E-state index is 13.4. The summed E-state index contributed by atoms with van der Waals surface area (Å²) < 4.78 is 0. The smallest absolute Gasteiger partial charge is 0.262 e. The van der Waals surface area contributed by atoms with E-state index in [-0.39, 0.29) is 17.2 Å². The first-order chi connectivity index (χ1) is 23.1. The van der Waals surface area contributed by atoms with Gasteiger partial charge in [-0.2, -0.15) is 0 Å². The number of rotatable bonds is 10. The third kappa shape index (κ3) is 8.80. The van der Waals surface area contributed by atoms with Gasteiger partial charge in [0.25, 0.3) is 5.91 Å². The minimum Gasteiger partial charge on any atom is -0.354 e. The SMILES string of the molecule is CC1CCC(C2CC=C(c3cnc(-c4ccc(C[C@H](NC(=O)c5ccc(C(C)(C)C)s5)C(=O)NCC5CCNC5)cc4)nc3)CC2)CC1. The van der Waals surface area contributed by atoms with Crippen molar-refractivity contribution >= 4 is 28.7 Å². The lowest BCUT2D eigenvalue weighted by atomic mass is 9.71. The minimum atomic E-state index is -0.682. The number of allylic oxidation sites excluding steroid dienone is 2. The lowest BCUT2D eigenvalue weighted by molar-refractivity contribution is -0.123. The van der Waals surface area contributed by atoms with Crippen molar-refractivity contribution in [2.75, 3.05) is 19.6 Å². The molecule has 2 fully saturated rings. The van der Waals surface area contributed by atoms with Crippen LogP contribution in [-0.4, -0.2) is 47.5 Å². The summed E-state index contributed by atoms with van der Waals surface area (Å²) in [4.78, 5) is 38.0. The van der Waals surface area contributed by atoms with Gasteiger partial charge in [0.05, 0.1) is 4.88 Å². The molecular formula is C40H53N5O2S. The molecule has 7 nitrogen and oxygen atoms in total. The second-order valence-electron chi connectivity index (χ2n) is 15.5. The van der Waals surface area contributed by atoms with Crippen LogP contribution in [-0.2, 0) is 16.6 Å². The standard InChI is InChI=1S/C40H53N5O2S/c1-26-5-9-29(10-6-26)30-13-15-31(16-14-30)33-24-42-37(43-25-33)32-11-7-27(8-12-32)21-34(38(46)44-23-28-19-20-41-22-28)45-39(47)35-17-18-36(48-35)40(2,3)4/h7-8,11-12,15,17-18,24-26,28-30,34,41H,5-6,9-10,13-14,16,19-23H2,1-4H3,(H,44,46)(H,45,47)/t26?,28?,29?,30?,34-/m0/s1. The quantitative estimate of drug-likeness (QED) is 0.207. The highest BCUT2D eigenvalue weighted by atomic mass is 32.1. The summed E-state index contributed by atoms with van der Waals surface area (Å²) in [6, 6.07) is 11.2. The highest BCUT2D eigenvalue weighted by Crippen LogP contribution is 2.41. The molecule has 3 aromatic rings. The van der Waals surface area contributed by atoms with E-state index in [2.05, 4.69) is 49.7 Å². The number of nitrogens with one attached hydrogen (secondary N) is 3. The van der Waals surface area contributed by atoms with Gasteiger partial charge < -0.3 is 16.0 Å². The van der Waals surface area contributed by atoms with Gasteiger partial charge in [-0.05, 0) is 104 Å². The third-order valence-electron chi connectivity index (χ3n) is 10.8. The van der Waals surface area contributed by atoms with Crippen LogP contribution in [0.4, 0.5) is 0 Å². The van der Waals surface area contributed by atoms with Gasteiger partial charge in [-0.3, -0.25) is 9.59 Å². The Bertz CT molecular complexity index is 1560. The van der Waals surface area contributed by atoms with Crippen molar-refractivity contribution in [2.45, 2.75) is 96.9 Å². The molecule has 0 spiro atoms. The molecule has 3 N–H and O–H groups in total. The summed E-state index contributed by atoms with van der Waals surface area (Å²) in [5, 5.41) is 9.50. The maximum Gasteiger partial charge on any atom is 0.262 e. The van der Waals surface area contributed by atoms with Crippen LogP contribution in [0.1, 0.15) is 105 Å². The minimum absolute atomic E-state index is 0.0366. The first-order valence-corrected chi connectivity index (χ1v) is 18.9. The second kappa shape index (κ2) is 15.5. The monoisotopic (exact) mass is 667 g/mol. The molecule has 0 bridgehead atoms. The molecule has 48 heavy (non-hydrogen) atoms. The van der Waals surface area contributed by atoms with Crippen molar-refractivity contribution in [3.8, 4) is 11.4 Å². The first-order valence-electron chi connectivity index (χ1n) is 18.1. The largest absolute Gasteiger partial charge is 0.354 e. The van der Waals surface area contributed by atoms with Crippen molar-refractivity contribution in [1.29, 1.82) is 0 Å². The van der Waals surface area contributed by atoms with Gasteiger partial charge in [-0.1, -0.05) is 70.9 Å². The van der Waals surface area contributed by atoms with Crippen LogP contribution >= 0.6 is 11.3 Å². The van der Waals surface area contributed by atoms with Gasteiger partial charge in [-0.25, -0.2) is 9.97 Å². The molecule has 3 aliphatic rings. The molecule has 3 atom stereocenters. The number of carbonyl (C=O) groups is 2. The fraction of sp³-hybridized carbons (Fsp3) is 0.550. The molecule has 2 unspecified atom stereocenters. The van der Waals surface area contributed by atoms with Gasteiger partial charge in [-0.15, -0.1) is 11.3 Å². The zero-order valence-electron chi connectivity index (χ0n) is 29.2. The summed E-state index contributed by atoms with van der Waals surface area (Å²) in [5.74, 6) is 3.38. The van der Waals surface area contributed by atoms with Crippen molar-refractivity contribution in [2.24, 2.45) is 23.7 Å². The van der Waals surface area contributed by atoms with E-state index in [1.165, 1.54) is 55.4 Å². The van der Waals surface area contributed by atoms with Crippen molar-refractivity contribution in [1.82, 2.24) is 25.9 Å². The van der Waals surface area contributed by atoms with Gasteiger partial charge in [0.2, 0.25) is 5.91 Å². The van der Waals surface area contributed by atoms with Crippen LogP contribution in [0.2, 0.25) is 0 Å². The normalized spacial score (nSPS) is 23.7. The topological polar surface area (TPSA) is 96.0 Å². The Labute approximate surface area is 290 Å². The predicted octanol–water partition coefficient (Wildman–Crippen LogP) is 7.58. The Morgan fingerprint density at radius 2 is 1.69 bits per heavy atom. The number of hydrogen-bond donors (Lipinski definition) is 3. The number of hydrogen-bond acceptors (Lipinski definition) is 6.